The zero-order valence-electron chi connectivity index (χ0n) is 18.4. The average molecular weight is 413 g/mol. The smallest absolute Gasteiger partial charge is 0.223 e. The summed E-state index contributed by atoms with van der Waals surface area (Å²) in [6, 6.07) is 17.0. The first-order valence-electron chi connectivity index (χ1n) is 11.4. The van der Waals surface area contributed by atoms with Crippen molar-refractivity contribution in [2.24, 2.45) is 11.8 Å². The molecule has 4 atom stereocenters. The van der Waals surface area contributed by atoms with Crippen LogP contribution < -0.4 is 0 Å². The first kappa shape index (κ1) is 18.9. The van der Waals surface area contributed by atoms with Gasteiger partial charge >= 0.3 is 0 Å². The van der Waals surface area contributed by atoms with Gasteiger partial charge in [-0.15, -0.1) is 0 Å². The minimum Gasteiger partial charge on any atom is -0.356 e. The van der Waals surface area contributed by atoms with Crippen molar-refractivity contribution in [2.75, 3.05) is 6.54 Å². The molecule has 0 N–H and O–H groups in total. The van der Waals surface area contributed by atoms with Crippen molar-refractivity contribution in [3.63, 3.8) is 0 Å². The van der Waals surface area contributed by atoms with E-state index in [4.69, 9.17) is 4.52 Å². The van der Waals surface area contributed by atoms with E-state index >= 15 is 0 Å². The number of nitrogens with zero attached hydrogens (tertiary/aromatic N) is 2. The Bertz CT molecular complexity index is 1180. The molecule has 1 saturated carbocycles. The lowest BCUT2D eigenvalue weighted by Gasteiger charge is -2.45. The van der Waals surface area contributed by atoms with Crippen LogP contribution in [0.25, 0.3) is 11.3 Å². The topological polar surface area (TPSA) is 46.3 Å². The Labute approximate surface area is 183 Å². The van der Waals surface area contributed by atoms with Gasteiger partial charge in [0.25, 0.3) is 0 Å². The molecule has 1 aromatic heterocycles. The number of hydrogen-bond donors (Lipinski definition) is 0. The van der Waals surface area contributed by atoms with Crippen molar-refractivity contribution >= 4 is 5.91 Å². The number of hydrogen-bond acceptors (Lipinski definition) is 3. The average Bonchev–Trinajstić information content (AvgIpc) is 3.41. The lowest BCUT2D eigenvalue weighted by molar-refractivity contribution is -0.132. The van der Waals surface area contributed by atoms with E-state index < -0.39 is 0 Å². The Hall–Kier alpha value is -2.88. The number of benzene rings is 2. The van der Waals surface area contributed by atoms with Gasteiger partial charge in [-0.1, -0.05) is 54.5 Å². The zero-order valence-corrected chi connectivity index (χ0v) is 18.4. The van der Waals surface area contributed by atoms with Crippen molar-refractivity contribution in [1.29, 1.82) is 0 Å². The molecule has 0 unspecified atom stereocenters. The fourth-order valence-corrected chi connectivity index (χ4v) is 6.77. The van der Waals surface area contributed by atoms with Crippen molar-refractivity contribution in [3.8, 4) is 11.3 Å². The van der Waals surface area contributed by atoms with E-state index in [-0.39, 0.29) is 17.4 Å². The van der Waals surface area contributed by atoms with Gasteiger partial charge in [-0.2, -0.15) is 0 Å². The van der Waals surface area contributed by atoms with Crippen molar-refractivity contribution in [3.05, 3.63) is 76.5 Å². The van der Waals surface area contributed by atoms with Crippen molar-refractivity contribution in [2.45, 2.75) is 51.5 Å². The minimum atomic E-state index is -0.195. The number of rotatable bonds is 2. The molecule has 1 saturated heterocycles. The largest absolute Gasteiger partial charge is 0.356 e. The number of fused-ring (bicyclic) bond motifs is 1. The van der Waals surface area contributed by atoms with Crippen LogP contribution in [0.3, 0.4) is 0 Å². The summed E-state index contributed by atoms with van der Waals surface area (Å²) in [7, 11) is 0. The first-order valence-corrected chi connectivity index (χ1v) is 11.4. The van der Waals surface area contributed by atoms with Gasteiger partial charge in [0, 0.05) is 36.4 Å². The molecular formula is C27H28N2O2. The fourth-order valence-electron chi connectivity index (χ4n) is 6.77. The van der Waals surface area contributed by atoms with Crippen LogP contribution in [0.4, 0.5) is 0 Å². The molecule has 1 aliphatic carbocycles. The van der Waals surface area contributed by atoms with E-state index in [1.54, 1.807) is 0 Å². The van der Waals surface area contributed by atoms with Gasteiger partial charge < -0.3 is 9.42 Å². The molecule has 31 heavy (non-hydrogen) atoms. The normalized spacial score (nSPS) is 29.1. The molecule has 6 rings (SSSR count). The maximum Gasteiger partial charge on any atom is 0.223 e. The van der Waals surface area contributed by atoms with Gasteiger partial charge in [0.1, 0.15) is 0 Å². The second-order valence-corrected chi connectivity index (χ2v) is 9.81. The number of carbonyl (C=O) groups excluding carboxylic acids is 1. The van der Waals surface area contributed by atoms with Gasteiger partial charge in [0.2, 0.25) is 5.91 Å². The van der Waals surface area contributed by atoms with Crippen LogP contribution in [0.15, 0.2) is 53.1 Å². The molecule has 2 fully saturated rings. The van der Waals surface area contributed by atoms with Gasteiger partial charge in [-0.05, 0) is 54.9 Å². The number of amides is 1. The highest BCUT2D eigenvalue weighted by Gasteiger charge is 2.64. The quantitative estimate of drug-likeness (QED) is 0.568. The number of aromatic nitrogens is 1. The van der Waals surface area contributed by atoms with Crippen LogP contribution in [0.1, 0.15) is 53.6 Å². The summed E-state index contributed by atoms with van der Waals surface area (Å²) in [4.78, 5) is 15.4. The van der Waals surface area contributed by atoms with Gasteiger partial charge in [0.05, 0.1) is 11.2 Å². The Balaban J connectivity index is 1.46. The first-order chi connectivity index (χ1) is 15.0. The summed E-state index contributed by atoms with van der Waals surface area (Å²) in [6.07, 6.45) is 2.56. The molecule has 2 aromatic carbocycles. The summed E-state index contributed by atoms with van der Waals surface area (Å²) in [5, 5.41) is 4.53. The van der Waals surface area contributed by atoms with Gasteiger partial charge in [-0.3, -0.25) is 4.79 Å². The molecule has 3 aliphatic rings. The summed E-state index contributed by atoms with van der Waals surface area (Å²) < 4.78 is 5.78. The van der Waals surface area contributed by atoms with Crippen molar-refractivity contribution in [1.82, 2.24) is 10.1 Å². The second-order valence-electron chi connectivity index (χ2n) is 9.81. The van der Waals surface area contributed by atoms with Gasteiger partial charge in [0.15, 0.2) is 5.76 Å². The zero-order chi connectivity index (χ0) is 21.3. The summed E-state index contributed by atoms with van der Waals surface area (Å²) in [6.45, 7) is 7.54. The second kappa shape index (κ2) is 6.56. The monoisotopic (exact) mass is 412 g/mol. The molecule has 4 heteroatoms. The van der Waals surface area contributed by atoms with Crippen LogP contribution >= 0.6 is 0 Å². The molecule has 2 aliphatic heterocycles. The maximum absolute atomic E-state index is 13.2. The molecule has 4 nitrogen and oxygen atoms in total. The van der Waals surface area contributed by atoms with E-state index in [1.165, 1.54) is 22.3 Å². The summed E-state index contributed by atoms with van der Waals surface area (Å²) >= 11 is 0. The summed E-state index contributed by atoms with van der Waals surface area (Å²) in [5.74, 6) is 2.01. The van der Waals surface area contributed by atoms with Crippen LogP contribution in [-0.4, -0.2) is 22.5 Å². The highest BCUT2D eigenvalue weighted by atomic mass is 16.5. The third-order valence-electron chi connectivity index (χ3n) is 8.19. The Morgan fingerprint density at radius 1 is 1.10 bits per heavy atom. The Morgan fingerprint density at radius 3 is 2.68 bits per heavy atom. The highest BCUT2D eigenvalue weighted by Crippen LogP contribution is 2.63. The van der Waals surface area contributed by atoms with Crippen LogP contribution in [0.5, 0.6) is 0 Å². The predicted molar refractivity (Wildman–Crippen MR) is 120 cm³/mol. The molecule has 0 bridgehead atoms. The molecular weight excluding hydrogens is 384 g/mol. The molecule has 1 spiro atoms. The standard InChI is InChI=1S/C27H28N2O2/c1-16-11-20-9-10-29-25(30)13-22-26(18(3)15-27(22,29)21(20)12-17(16)2)23-14-24(31-28-23)19-7-5-4-6-8-19/h4-8,11-12,14,18,22,26H,9-10,13,15H2,1-3H3/t18-,22-,26+,27-/m0/s1. The van der Waals surface area contributed by atoms with E-state index in [0.29, 0.717) is 18.2 Å². The van der Waals surface area contributed by atoms with Crippen LogP contribution in [-0.2, 0) is 16.8 Å². The third-order valence-corrected chi connectivity index (χ3v) is 8.19. The lowest BCUT2D eigenvalue weighted by Crippen LogP contribution is -2.49. The van der Waals surface area contributed by atoms with E-state index in [0.717, 1.165) is 36.4 Å². The lowest BCUT2D eigenvalue weighted by atomic mass is 9.73. The minimum absolute atomic E-state index is 0.195. The fraction of sp³-hybridized carbons (Fsp3) is 0.407. The third kappa shape index (κ3) is 2.54. The summed E-state index contributed by atoms with van der Waals surface area (Å²) in [5.41, 5.74) is 7.32. The van der Waals surface area contributed by atoms with Crippen LogP contribution in [0.2, 0.25) is 0 Å². The van der Waals surface area contributed by atoms with Gasteiger partial charge in [-0.25, -0.2) is 0 Å². The molecule has 3 aromatic rings. The Kier molecular flexibility index (Phi) is 3.99. The van der Waals surface area contributed by atoms with E-state index in [2.05, 4.69) is 49.0 Å². The SMILES string of the molecule is Cc1cc2c(cc1C)[C@@]13C[C@H](C)[C@@H](c4cc(-c5ccccc5)on4)[C@@H]1CC(=O)N3CC2. The molecule has 158 valence electrons. The molecule has 3 heterocycles. The number of aryl methyl sites for hydroxylation is 2. The van der Waals surface area contributed by atoms with E-state index in [9.17, 15) is 4.79 Å². The predicted octanol–water partition coefficient (Wildman–Crippen LogP) is 5.38. The molecule has 0 radical (unpaired) electrons. The Morgan fingerprint density at radius 2 is 1.87 bits per heavy atom. The molecule has 1 amide bonds. The highest BCUT2D eigenvalue weighted by molar-refractivity contribution is 5.82. The van der Waals surface area contributed by atoms with Crippen molar-refractivity contribution < 1.29 is 9.32 Å². The number of carbonyl (C=O) groups is 1. The van der Waals surface area contributed by atoms with E-state index in [1.807, 2.05) is 30.3 Å². The maximum atomic E-state index is 13.2. The van der Waals surface area contributed by atoms with Crippen LogP contribution in [0, 0.1) is 25.7 Å².